The second-order valence-corrected chi connectivity index (χ2v) is 7.01. The summed E-state index contributed by atoms with van der Waals surface area (Å²) in [6.45, 7) is 0.612. The third kappa shape index (κ3) is 4.07. The van der Waals surface area contributed by atoms with E-state index in [0.717, 1.165) is 6.07 Å². The van der Waals surface area contributed by atoms with Crippen molar-refractivity contribution < 1.29 is 22.8 Å². The van der Waals surface area contributed by atoms with Gasteiger partial charge in [0.1, 0.15) is 0 Å². The van der Waals surface area contributed by atoms with Crippen LogP contribution in [0.5, 0.6) is 0 Å². The molecule has 0 bridgehead atoms. The molecule has 26 heavy (non-hydrogen) atoms. The van der Waals surface area contributed by atoms with Crippen LogP contribution in [0.4, 0.5) is 13.2 Å². The zero-order chi connectivity index (χ0) is 18.7. The highest BCUT2D eigenvalue weighted by molar-refractivity contribution is 7.12. The van der Waals surface area contributed by atoms with Gasteiger partial charge in [-0.3, -0.25) is 9.59 Å². The molecule has 0 saturated carbocycles. The number of hydrogen-bond donors (Lipinski definition) is 1. The fourth-order valence-electron chi connectivity index (χ4n) is 2.98. The molecule has 1 fully saturated rings. The molecule has 1 aliphatic rings. The molecule has 2 heterocycles. The first-order valence-electron chi connectivity index (χ1n) is 8.16. The Balaban J connectivity index is 1.62. The number of carbonyl (C=O) groups is 2. The highest BCUT2D eigenvalue weighted by Gasteiger charge is 2.36. The Morgan fingerprint density at radius 3 is 2.38 bits per heavy atom. The summed E-state index contributed by atoms with van der Waals surface area (Å²) < 4.78 is 39.3. The predicted octanol–water partition coefficient (Wildman–Crippen LogP) is 3.80. The molecule has 1 aromatic carbocycles. The molecule has 1 saturated heterocycles. The molecule has 8 heteroatoms. The molecule has 2 amide bonds. The fourth-order valence-corrected chi connectivity index (χ4v) is 3.61. The van der Waals surface area contributed by atoms with Crippen LogP contribution in [0.15, 0.2) is 41.8 Å². The summed E-state index contributed by atoms with van der Waals surface area (Å²) in [6.07, 6.45) is -3.55. The van der Waals surface area contributed by atoms with Crippen molar-refractivity contribution in [3.05, 3.63) is 57.8 Å². The summed E-state index contributed by atoms with van der Waals surface area (Å²) >= 11 is 1.34. The van der Waals surface area contributed by atoms with Crippen molar-refractivity contribution in [1.82, 2.24) is 10.2 Å². The zero-order valence-corrected chi connectivity index (χ0v) is 14.6. The summed E-state index contributed by atoms with van der Waals surface area (Å²) in [5.74, 6) is -0.784. The standard InChI is InChI=1S/C18H17F3N2O2S/c19-18(20,21)14-5-2-1-4-13(14)17(25)23-9-7-12(8-10-23)22-16(24)15-6-3-11-26-15/h1-6,11-12H,7-10H2,(H,22,24). The molecule has 1 aromatic heterocycles. The topological polar surface area (TPSA) is 49.4 Å². The maximum absolute atomic E-state index is 13.1. The number of thiophene rings is 1. The predicted molar refractivity (Wildman–Crippen MR) is 92.2 cm³/mol. The number of amides is 2. The first kappa shape index (κ1) is 18.4. The lowest BCUT2D eigenvalue weighted by Gasteiger charge is -2.32. The highest BCUT2D eigenvalue weighted by atomic mass is 32.1. The van der Waals surface area contributed by atoms with Crippen molar-refractivity contribution >= 4 is 23.2 Å². The smallest absolute Gasteiger partial charge is 0.348 e. The molecule has 3 rings (SSSR count). The Labute approximate surface area is 152 Å². The zero-order valence-electron chi connectivity index (χ0n) is 13.8. The van der Waals surface area contributed by atoms with E-state index in [4.69, 9.17) is 0 Å². The number of benzene rings is 1. The third-order valence-electron chi connectivity index (χ3n) is 4.33. The monoisotopic (exact) mass is 382 g/mol. The Morgan fingerprint density at radius 2 is 1.77 bits per heavy atom. The van der Waals surface area contributed by atoms with E-state index in [2.05, 4.69) is 5.32 Å². The van der Waals surface area contributed by atoms with Crippen LogP contribution >= 0.6 is 11.3 Å². The van der Waals surface area contributed by atoms with Crippen molar-refractivity contribution in [1.29, 1.82) is 0 Å². The van der Waals surface area contributed by atoms with Crippen molar-refractivity contribution in [2.75, 3.05) is 13.1 Å². The molecule has 1 N–H and O–H groups in total. The van der Waals surface area contributed by atoms with E-state index in [1.165, 1.54) is 34.4 Å². The van der Waals surface area contributed by atoms with Crippen LogP contribution in [0.25, 0.3) is 0 Å². The molecular formula is C18H17F3N2O2S. The number of nitrogens with one attached hydrogen (secondary N) is 1. The quantitative estimate of drug-likeness (QED) is 0.878. The normalized spacial score (nSPS) is 15.7. The molecule has 4 nitrogen and oxygen atoms in total. The van der Waals surface area contributed by atoms with Gasteiger partial charge in [0.15, 0.2) is 0 Å². The van der Waals surface area contributed by atoms with Gasteiger partial charge in [-0.15, -0.1) is 11.3 Å². The molecule has 0 aliphatic carbocycles. The minimum absolute atomic E-state index is 0.0912. The third-order valence-corrected chi connectivity index (χ3v) is 5.19. The van der Waals surface area contributed by atoms with Crippen molar-refractivity contribution in [2.45, 2.75) is 25.1 Å². The van der Waals surface area contributed by atoms with E-state index in [9.17, 15) is 22.8 Å². The average molecular weight is 382 g/mol. The van der Waals surface area contributed by atoms with Crippen LogP contribution in [-0.2, 0) is 6.18 Å². The van der Waals surface area contributed by atoms with Crippen LogP contribution in [0.2, 0.25) is 0 Å². The van der Waals surface area contributed by atoms with Crippen LogP contribution in [0.1, 0.15) is 38.4 Å². The summed E-state index contributed by atoms with van der Waals surface area (Å²) in [5.41, 5.74) is -1.25. The number of rotatable bonds is 3. The van der Waals surface area contributed by atoms with Crippen LogP contribution in [-0.4, -0.2) is 35.8 Å². The maximum Gasteiger partial charge on any atom is 0.417 e. The highest BCUT2D eigenvalue weighted by Crippen LogP contribution is 2.32. The second-order valence-electron chi connectivity index (χ2n) is 6.06. The SMILES string of the molecule is O=C(NC1CCN(C(=O)c2ccccc2C(F)(F)F)CC1)c1cccs1. The first-order valence-corrected chi connectivity index (χ1v) is 9.04. The number of alkyl halides is 3. The Morgan fingerprint density at radius 1 is 1.08 bits per heavy atom. The Kier molecular flexibility index (Phi) is 5.31. The number of halogens is 3. The van der Waals surface area contributed by atoms with Gasteiger partial charge in [0.2, 0.25) is 0 Å². The number of carbonyl (C=O) groups excluding carboxylic acids is 2. The van der Waals surface area contributed by atoms with E-state index in [-0.39, 0.29) is 17.5 Å². The van der Waals surface area contributed by atoms with Gasteiger partial charge < -0.3 is 10.2 Å². The fraction of sp³-hybridized carbons (Fsp3) is 0.333. The minimum Gasteiger partial charge on any atom is -0.348 e. The first-order chi connectivity index (χ1) is 12.4. The molecule has 0 radical (unpaired) electrons. The molecule has 1 aliphatic heterocycles. The van der Waals surface area contributed by atoms with Gasteiger partial charge in [0, 0.05) is 19.1 Å². The van der Waals surface area contributed by atoms with Crippen LogP contribution in [0.3, 0.4) is 0 Å². The van der Waals surface area contributed by atoms with E-state index in [1.807, 2.05) is 5.38 Å². The van der Waals surface area contributed by atoms with Crippen molar-refractivity contribution in [3.8, 4) is 0 Å². The lowest BCUT2D eigenvalue weighted by atomic mass is 10.0. The van der Waals surface area contributed by atoms with Gasteiger partial charge in [-0.2, -0.15) is 13.2 Å². The van der Waals surface area contributed by atoms with Gasteiger partial charge >= 0.3 is 6.18 Å². The number of likely N-dealkylation sites (tertiary alicyclic amines) is 1. The number of piperidine rings is 1. The van der Waals surface area contributed by atoms with Gasteiger partial charge in [0.05, 0.1) is 16.0 Å². The molecule has 0 atom stereocenters. The lowest BCUT2D eigenvalue weighted by molar-refractivity contribution is -0.138. The summed E-state index contributed by atoms with van der Waals surface area (Å²) in [7, 11) is 0. The summed E-state index contributed by atoms with van der Waals surface area (Å²) in [5, 5.41) is 4.72. The van der Waals surface area contributed by atoms with Gasteiger partial charge in [-0.1, -0.05) is 18.2 Å². The van der Waals surface area contributed by atoms with Gasteiger partial charge in [-0.25, -0.2) is 0 Å². The van der Waals surface area contributed by atoms with E-state index < -0.39 is 17.6 Å². The van der Waals surface area contributed by atoms with E-state index >= 15 is 0 Å². The van der Waals surface area contributed by atoms with Crippen LogP contribution < -0.4 is 5.32 Å². The molecule has 2 aromatic rings. The van der Waals surface area contributed by atoms with E-state index in [1.54, 1.807) is 12.1 Å². The summed E-state index contributed by atoms with van der Waals surface area (Å²) in [4.78, 5) is 26.6. The second kappa shape index (κ2) is 7.49. The number of nitrogens with zero attached hydrogens (tertiary/aromatic N) is 1. The number of hydrogen-bond acceptors (Lipinski definition) is 3. The Bertz CT molecular complexity index is 782. The van der Waals surface area contributed by atoms with Gasteiger partial charge in [0.25, 0.3) is 11.8 Å². The Hall–Kier alpha value is -2.35. The summed E-state index contributed by atoms with van der Waals surface area (Å²) in [6, 6.07) is 8.25. The lowest BCUT2D eigenvalue weighted by Crippen LogP contribution is -2.46. The van der Waals surface area contributed by atoms with Crippen molar-refractivity contribution in [3.63, 3.8) is 0 Å². The maximum atomic E-state index is 13.1. The molecular weight excluding hydrogens is 365 g/mol. The molecule has 0 spiro atoms. The van der Waals surface area contributed by atoms with E-state index in [0.29, 0.717) is 30.8 Å². The molecule has 138 valence electrons. The van der Waals surface area contributed by atoms with Crippen molar-refractivity contribution in [2.24, 2.45) is 0 Å². The van der Waals surface area contributed by atoms with Gasteiger partial charge in [-0.05, 0) is 36.4 Å². The molecule has 0 unspecified atom stereocenters. The minimum atomic E-state index is -4.57. The average Bonchev–Trinajstić information content (AvgIpc) is 3.16. The largest absolute Gasteiger partial charge is 0.417 e. The van der Waals surface area contributed by atoms with Crippen LogP contribution in [0, 0.1) is 0 Å².